The molecule has 0 amide bonds. The molecule has 0 aliphatic heterocycles. The van der Waals surface area contributed by atoms with Crippen LogP contribution in [0.4, 0.5) is 0 Å². The van der Waals surface area contributed by atoms with Crippen LogP contribution in [0.5, 0.6) is 0 Å². The van der Waals surface area contributed by atoms with Crippen LogP contribution in [-0.4, -0.2) is 15.2 Å². The topological polar surface area (TPSA) is 38.7 Å². The Kier molecular flexibility index (Phi) is 2.57. The molecule has 0 saturated carbocycles. The number of hydrogen-bond acceptors (Lipinski definition) is 5. The van der Waals surface area contributed by atoms with Gasteiger partial charge in [-0.3, -0.25) is 0 Å². The molecule has 0 aliphatic rings. The van der Waals surface area contributed by atoms with Gasteiger partial charge in [0, 0.05) is 5.38 Å². The lowest BCUT2D eigenvalue weighted by Crippen LogP contribution is -1.76. The number of halogens is 1. The number of thiazole rings is 1. The molecule has 0 N–H and O–H groups in total. The Morgan fingerprint density at radius 1 is 1.46 bits per heavy atom. The molecule has 2 aromatic heterocycles. The standard InChI is InChI=1S/C7H6ClN3S2/c1-4-9-5(3-12-4)7-11-10-6(2-8)13-7/h3H,2H2,1H3. The van der Waals surface area contributed by atoms with Crippen LogP contribution in [-0.2, 0) is 5.88 Å². The van der Waals surface area contributed by atoms with Crippen LogP contribution in [0.1, 0.15) is 10.0 Å². The van der Waals surface area contributed by atoms with Gasteiger partial charge in [-0.2, -0.15) is 0 Å². The lowest BCUT2D eigenvalue weighted by molar-refractivity contribution is 1.04. The molecule has 3 nitrogen and oxygen atoms in total. The summed E-state index contributed by atoms with van der Waals surface area (Å²) in [5.74, 6) is 0.417. The second-order valence-electron chi connectivity index (χ2n) is 2.39. The van der Waals surface area contributed by atoms with Crippen molar-refractivity contribution in [1.29, 1.82) is 0 Å². The maximum absolute atomic E-state index is 5.62. The molecule has 0 aliphatic carbocycles. The Hall–Kier alpha value is -0.520. The fourth-order valence-corrected chi connectivity index (χ4v) is 2.41. The van der Waals surface area contributed by atoms with Crippen molar-refractivity contribution in [1.82, 2.24) is 15.2 Å². The molecule has 0 bridgehead atoms. The lowest BCUT2D eigenvalue weighted by Gasteiger charge is -1.82. The summed E-state index contributed by atoms with van der Waals surface area (Å²) in [5, 5.41) is 12.6. The summed E-state index contributed by atoms with van der Waals surface area (Å²) in [5.41, 5.74) is 0.899. The van der Waals surface area contributed by atoms with Crippen molar-refractivity contribution in [3.63, 3.8) is 0 Å². The average molecular weight is 232 g/mol. The first kappa shape index (κ1) is 9.05. The predicted octanol–water partition coefficient (Wildman–Crippen LogP) is 2.71. The molecule has 13 heavy (non-hydrogen) atoms. The molecule has 0 radical (unpaired) electrons. The highest BCUT2D eigenvalue weighted by Gasteiger charge is 2.08. The van der Waals surface area contributed by atoms with E-state index in [-0.39, 0.29) is 0 Å². The van der Waals surface area contributed by atoms with Gasteiger partial charge in [0.15, 0.2) is 5.01 Å². The van der Waals surface area contributed by atoms with E-state index >= 15 is 0 Å². The first-order chi connectivity index (χ1) is 6.29. The van der Waals surface area contributed by atoms with Crippen LogP contribution in [0.3, 0.4) is 0 Å². The van der Waals surface area contributed by atoms with Crippen molar-refractivity contribution in [3.05, 3.63) is 15.4 Å². The van der Waals surface area contributed by atoms with Crippen LogP contribution >= 0.6 is 34.3 Å². The van der Waals surface area contributed by atoms with Gasteiger partial charge in [-0.1, -0.05) is 11.3 Å². The van der Waals surface area contributed by atoms with E-state index in [1.54, 1.807) is 11.3 Å². The van der Waals surface area contributed by atoms with Crippen LogP contribution in [0, 0.1) is 6.92 Å². The molecule has 0 aromatic carbocycles. The zero-order chi connectivity index (χ0) is 9.26. The Morgan fingerprint density at radius 3 is 2.85 bits per heavy atom. The Morgan fingerprint density at radius 2 is 2.31 bits per heavy atom. The van der Waals surface area contributed by atoms with E-state index in [0.717, 1.165) is 20.7 Å². The van der Waals surface area contributed by atoms with Gasteiger partial charge in [0.2, 0.25) is 0 Å². The van der Waals surface area contributed by atoms with Crippen LogP contribution in [0.2, 0.25) is 0 Å². The lowest BCUT2D eigenvalue weighted by atomic mass is 10.5. The van der Waals surface area contributed by atoms with Crippen LogP contribution in [0.15, 0.2) is 5.38 Å². The monoisotopic (exact) mass is 231 g/mol. The second kappa shape index (κ2) is 3.69. The normalized spacial score (nSPS) is 10.6. The van der Waals surface area contributed by atoms with E-state index in [1.165, 1.54) is 11.3 Å². The largest absolute Gasteiger partial charge is 0.239 e. The number of rotatable bonds is 2. The molecular weight excluding hydrogens is 226 g/mol. The van der Waals surface area contributed by atoms with Gasteiger partial charge in [-0.25, -0.2) is 4.98 Å². The van der Waals surface area contributed by atoms with Crippen molar-refractivity contribution in [2.45, 2.75) is 12.8 Å². The summed E-state index contributed by atoms with van der Waals surface area (Å²) in [4.78, 5) is 4.31. The van der Waals surface area contributed by atoms with Gasteiger partial charge in [-0.15, -0.1) is 33.1 Å². The highest BCUT2D eigenvalue weighted by Crippen LogP contribution is 2.25. The van der Waals surface area contributed by atoms with E-state index in [9.17, 15) is 0 Å². The third kappa shape index (κ3) is 1.87. The highest BCUT2D eigenvalue weighted by molar-refractivity contribution is 7.15. The molecule has 0 spiro atoms. The number of hydrogen-bond donors (Lipinski definition) is 0. The minimum Gasteiger partial charge on any atom is -0.239 e. The number of aromatic nitrogens is 3. The van der Waals surface area contributed by atoms with E-state index < -0.39 is 0 Å². The predicted molar refractivity (Wildman–Crippen MR) is 55.3 cm³/mol. The molecule has 2 rings (SSSR count). The van der Waals surface area contributed by atoms with Crippen molar-refractivity contribution in [2.75, 3.05) is 0 Å². The first-order valence-corrected chi connectivity index (χ1v) is 5.83. The maximum atomic E-state index is 5.62. The van der Waals surface area contributed by atoms with Crippen molar-refractivity contribution in [3.8, 4) is 10.7 Å². The Labute approximate surface area is 88.4 Å². The summed E-state index contributed by atoms with van der Waals surface area (Å²) < 4.78 is 0. The minimum atomic E-state index is 0.417. The molecule has 68 valence electrons. The van der Waals surface area contributed by atoms with E-state index in [1.807, 2.05) is 12.3 Å². The van der Waals surface area contributed by atoms with E-state index in [4.69, 9.17) is 11.6 Å². The van der Waals surface area contributed by atoms with Gasteiger partial charge >= 0.3 is 0 Å². The maximum Gasteiger partial charge on any atom is 0.167 e. The molecular formula is C7H6ClN3S2. The summed E-state index contributed by atoms with van der Waals surface area (Å²) >= 11 is 8.72. The van der Waals surface area contributed by atoms with Crippen molar-refractivity contribution >= 4 is 34.3 Å². The Bertz CT molecular complexity index is 409. The van der Waals surface area contributed by atoms with Gasteiger partial charge in [-0.05, 0) is 6.92 Å². The SMILES string of the molecule is Cc1nc(-c2nnc(CCl)s2)cs1. The second-order valence-corrected chi connectivity index (χ2v) is 4.78. The van der Waals surface area contributed by atoms with Crippen LogP contribution < -0.4 is 0 Å². The molecule has 0 unspecified atom stereocenters. The smallest absolute Gasteiger partial charge is 0.167 e. The number of alkyl halides is 1. The molecule has 0 atom stereocenters. The molecule has 0 fully saturated rings. The average Bonchev–Trinajstić information content (AvgIpc) is 2.71. The summed E-state index contributed by atoms with van der Waals surface area (Å²) in [6.45, 7) is 1.97. The third-order valence-corrected chi connectivity index (χ3v) is 3.55. The van der Waals surface area contributed by atoms with E-state index in [0.29, 0.717) is 5.88 Å². The van der Waals surface area contributed by atoms with Crippen molar-refractivity contribution in [2.24, 2.45) is 0 Å². The molecule has 2 aromatic rings. The molecule has 2 heterocycles. The molecule has 0 saturated heterocycles. The zero-order valence-corrected chi connectivity index (χ0v) is 9.21. The summed E-state index contributed by atoms with van der Waals surface area (Å²) in [6, 6.07) is 0. The van der Waals surface area contributed by atoms with Gasteiger partial charge in [0.25, 0.3) is 0 Å². The quantitative estimate of drug-likeness (QED) is 0.746. The fourth-order valence-electron chi connectivity index (χ4n) is 0.873. The minimum absolute atomic E-state index is 0.417. The van der Waals surface area contributed by atoms with E-state index in [2.05, 4.69) is 15.2 Å². The third-order valence-electron chi connectivity index (χ3n) is 1.42. The molecule has 6 heteroatoms. The summed E-state index contributed by atoms with van der Waals surface area (Å²) in [6.07, 6.45) is 0. The van der Waals surface area contributed by atoms with Crippen LogP contribution in [0.25, 0.3) is 10.7 Å². The number of aryl methyl sites for hydroxylation is 1. The number of nitrogens with zero attached hydrogens (tertiary/aromatic N) is 3. The zero-order valence-electron chi connectivity index (χ0n) is 6.82. The van der Waals surface area contributed by atoms with Crippen molar-refractivity contribution < 1.29 is 0 Å². The first-order valence-electron chi connectivity index (χ1n) is 3.60. The summed E-state index contributed by atoms with van der Waals surface area (Å²) in [7, 11) is 0. The van der Waals surface area contributed by atoms with Gasteiger partial charge in [0.05, 0.1) is 10.9 Å². The Balaban J connectivity index is 2.35. The van der Waals surface area contributed by atoms with Gasteiger partial charge < -0.3 is 0 Å². The highest BCUT2D eigenvalue weighted by atomic mass is 35.5. The van der Waals surface area contributed by atoms with Gasteiger partial charge in [0.1, 0.15) is 10.7 Å². The fraction of sp³-hybridized carbons (Fsp3) is 0.286.